The first kappa shape index (κ1) is 15.0. The molecular weight excluding hydrogens is 246 g/mol. The fourth-order valence-electron chi connectivity index (χ4n) is 2.51. The Hall–Kier alpha value is -1.35. The van der Waals surface area contributed by atoms with Gasteiger partial charge in [0.1, 0.15) is 0 Å². The quantitative estimate of drug-likeness (QED) is 0.679. The van der Waals surface area contributed by atoms with Crippen LogP contribution in [0.1, 0.15) is 39.2 Å². The van der Waals surface area contributed by atoms with E-state index in [2.05, 4.69) is 56.0 Å². The summed E-state index contributed by atoms with van der Waals surface area (Å²) in [5.74, 6) is 0.782. The molecule has 1 fully saturated rings. The molecule has 0 amide bonds. The van der Waals surface area contributed by atoms with Gasteiger partial charge in [0, 0.05) is 18.5 Å². The summed E-state index contributed by atoms with van der Waals surface area (Å²) in [7, 11) is 0. The summed E-state index contributed by atoms with van der Waals surface area (Å²) in [5.41, 5.74) is 7.46. The number of nitrogens with zero attached hydrogens (tertiary/aromatic N) is 2. The zero-order chi connectivity index (χ0) is 14.6. The fourth-order valence-corrected chi connectivity index (χ4v) is 2.51. The molecule has 1 aromatic carbocycles. The zero-order valence-corrected chi connectivity index (χ0v) is 13.0. The second-order valence-electron chi connectivity index (χ2n) is 6.78. The monoisotopic (exact) mass is 273 g/mol. The Morgan fingerprint density at radius 1 is 1.30 bits per heavy atom. The Morgan fingerprint density at radius 2 is 2.00 bits per heavy atom. The molecule has 3 heteroatoms. The zero-order valence-electron chi connectivity index (χ0n) is 13.0. The first-order chi connectivity index (χ1) is 9.45. The number of rotatable bonds is 3. The number of piperidine rings is 1. The van der Waals surface area contributed by atoms with Crippen molar-refractivity contribution < 1.29 is 0 Å². The SMILES string of the molecule is CC(C)(C)C(N)=NC1CCCN(Cc2ccccc2)C1. The average molecular weight is 273 g/mol. The predicted octanol–water partition coefficient (Wildman–Crippen LogP) is 3.05. The van der Waals surface area contributed by atoms with Crippen LogP contribution >= 0.6 is 0 Å². The molecule has 0 saturated carbocycles. The van der Waals surface area contributed by atoms with Crippen LogP contribution < -0.4 is 5.73 Å². The minimum atomic E-state index is -0.0261. The topological polar surface area (TPSA) is 41.6 Å². The summed E-state index contributed by atoms with van der Waals surface area (Å²) in [4.78, 5) is 7.24. The van der Waals surface area contributed by atoms with Gasteiger partial charge < -0.3 is 5.73 Å². The summed E-state index contributed by atoms with van der Waals surface area (Å²) in [6, 6.07) is 11.0. The van der Waals surface area contributed by atoms with E-state index in [4.69, 9.17) is 10.7 Å². The van der Waals surface area contributed by atoms with Crippen LogP contribution in [0, 0.1) is 5.41 Å². The van der Waals surface area contributed by atoms with E-state index in [1.54, 1.807) is 0 Å². The molecular formula is C17H27N3. The minimum Gasteiger partial charge on any atom is -0.387 e. The van der Waals surface area contributed by atoms with Crippen LogP contribution in [0.4, 0.5) is 0 Å². The molecule has 110 valence electrons. The Labute approximate surface area is 122 Å². The van der Waals surface area contributed by atoms with Crippen LogP contribution in [0.25, 0.3) is 0 Å². The van der Waals surface area contributed by atoms with Gasteiger partial charge in [0.25, 0.3) is 0 Å². The molecule has 0 spiro atoms. The largest absolute Gasteiger partial charge is 0.387 e. The van der Waals surface area contributed by atoms with E-state index in [1.807, 2.05) is 0 Å². The van der Waals surface area contributed by atoms with Gasteiger partial charge in [-0.1, -0.05) is 51.1 Å². The highest BCUT2D eigenvalue weighted by Crippen LogP contribution is 2.19. The van der Waals surface area contributed by atoms with Gasteiger partial charge in [0.2, 0.25) is 0 Å². The summed E-state index contributed by atoms with van der Waals surface area (Å²) < 4.78 is 0. The van der Waals surface area contributed by atoms with Crippen molar-refractivity contribution in [2.45, 2.75) is 46.2 Å². The van der Waals surface area contributed by atoms with E-state index in [1.165, 1.54) is 12.0 Å². The molecule has 3 nitrogen and oxygen atoms in total. The number of aliphatic imine (C=N–C) groups is 1. The van der Waals surface area contributed by atoms with Crippen LogP contribution in [-0.2, 0) is 6.54 Å². The summed E-state index contributed by atoms with van der Waals surface area (Å²) in [6.45, 7) is 9.56. The maximum atomic E-state index is 6.11. The maximum absolute atomic E-state index is 6.11. The smallest absolute Gasteiger partial charge is 0.0995 e. The highest BCUT2D eigenvalue weighted by molar-refractivity contribution is 5.85. The molecule has 1 aliphatic heterocycles. The third kappa shape index (κ3) is 4.34. The highest BCUT2D eigenvalue weighted by Gasteiger charge is 2.22. The summed E-state index contributed by atoms with van der Waals surface area (Å²) >= 11 is 0. The third-order valence-corrected chi connectivity index (χ3v) is 3.82. The van der Waals surface area contributed by atoms with Crippen LogP contribution in [0.5, 0.6) is 0 Å². The average Bonchev–Trinajstić information content (AvgIpc) is 2.39. The molecule has 1 heterocycles. The Kier molecular flexibility index (Phi) is 4.81. The Balaban J connectivity index is 1.95. The second-order valence-corrected chi connectivity index (χ2v) is 6.78. The third-order valence-electron chi connectivity index (χ3n) is 3.82. The molecule has 1 atom stereocenters. The molecule has 0 radical (unpaired) electrons. The molecule has 1 aromatic rings. The molecule has 0 bridgehead atoms. The molecule has 2 rings (SSSR count). The van der Waals surface area contributed by atoms with Gasteiger partial charge in [-0.2, -0.15) is 0 Å². The van der Waals surface area contributed by atoms with E-state index in [0.29, 0.717) is 6.04 Å². The number of hydrogen-bond donors (Lipinski definition) is 1. The van der Waals surface area contributed by atoms with Crippen LogP contribution in [0.15, 0.2) is 35.3 Å². The normalized spacial score (nSPS) is 21.9. The lowest BCUT2D eigenvalue weighted by molar-refractivity contribution is 0.202. The van der Waals surface area contributed by atoms with Crippen molar-refractivity contribution in [1.29, 1.82) is 0 Å². The van der Waals surface area contributed by atoms with Crippen LogP contribution in [0.2, 0.25) is 0 Å². The van der Waals surface area contributed by atoms with Gasteiger partial charge in [-0.3, -0.25) is 9.89 Å². The molecule has 1 saturated heterocycles. The lowest BCUT2D eigenvalue weighted by atomic mass is 9.95. The van der Waals surface area contributed by atoms with E-state index < -0.39 is 0 Å². The minimum absolute atomic E-state index is 0.0261. The summed E-state index contributed by atoms with van der Waals surface area (Å²) in [5, 5.41) is 0. The number of hydrogen-bond acceptors (Lipinski definition) is 2. The van der Waals surface area contributed by atoms with Gasteiger partial charge in [0.15, 0.2) is 0 Å². The number of benzene rings is 1. The first-order valence-electron chi connectivity index (χ1n) is 7.55. The van der Waals surface area contributed by atoms with E-state index in [-0.39, 0.29) is 5.41 Å². The van der Waals surface area contributed by atoms with Crippen molar-refractivity contribution in [2.24, 2.45) is 16.1 Å². The van der Waals surface area contributed by atoms with Crippen molar-refractivity contribution in [1.82, 2.24) is 4.90 Å². The lowest BCUT2D eigenvalue weighted by Gasteiger charge is -2.32. The van der Waals surface area contributed by atoms with Crippen molar-refractivity contribution in [3.63, 3.8) is 0 Å². The molecule has 1 aliphatic rings. The summed E-state index contributed by atoms with van der Waals surface area (Å²) in [6.07, 6.45) is 2.36. The second kappa shape index (κ2) is 6.40. The van der Waals surface area contributed by atoms with Gasteiger partial charge in [-0.05, 0) is 24.9 Å². The van der Waals surface area contributed by atoms with Crippen molar-refractivity contribution >= 4 is 5.84 Å². The van der Waals surface area contributed by atoms with Gasteiger partial charge >= 0.3 is 0 Å². The van der Waals surface area contributed by atoms with Crippen molar-refractivity contribution in [3.05, 3.63) is 35.9 Å². The molecule has 0 aliphatic carbocycles. The lowest BCUT2D eigenvalue weighted by Crippen LogP contribution is -2.39. The first-order valence-corrected chi connectivity index (χ1v) is 7.55. The van der Waals surface area contributed by atoms with Crippen molar-refractivity contribution in [3.8, 4) is 0 Å². The van der Waals surface area contributed by atoms with Gasteiger partial charge in [0.05, 0.1) is 11.9 Å². The predicted molar refractivity (Wildman–Crippen MR) is 85.8 cm³/mol. The van der Waals surface area contributed by atoms with E-state index in [0.717, 1.165) is 31.9 Å². The van der Waals surface area contributed by atoms with E-state index in [9.17, 15) is 0 Å². The van der Waals surface area contributed by atoms with E-state index >= 15 is 0 Å². The van der Waals surface area contributed by atoms with Crippen LogP contribution in [-0.4, -0.2) is 29.9 Å². The van der Waals surface area contributed by atoms with Crippen molar-refractivity contribution in [2.75, 3.05) is 13.1 Å². The molecule has 20 heavy (non-hydrogen) atoms. The molecule has 2 N–H and O–H groups in total. The van der Waals surface area contributed by atoms with Crippen LogP contribution in [0.3, 0.4) is 0 Å². The maximum Gasteiger partial charge on any atom is 0.0995 e. The standard InChI is InChI=1S/C17H27N3/c1-17(2,3)16(18)19-15-10-7-11-20(13-15)12-14-8-5-4-6-9-14/h4-6,8-9,15H,7,10-13H2,1-3H3,(H2,18,19). The highest BCUT2D eigenvalue weighted by atomic mass is 15.2. The number of likely N-dealkylation sites (tertiary alicyclic amines) is 1. The number of nitrogens with two attached hydrogens (primary N) is 1. The van der Waals surface area contributed by atoms with Gasteiger partial charge in [-0.15, -0.1) is 0 Å². The Bertz CT molecular complexity index is 445. The number of amidine groups is 1. The molecule has 0 aromatic heterocycles. The Morgan fingerprint density at radius 3 is 2.65 bits per heavy atom. The fraction of sp³-hybridized carbons (Fsp3) is 0.588. The van der Waals surface area contributed by atoms with Gasteiger partial charge in [-0.25, -0.2) is 0 Å². The molecule has 1 unspecified atom stereocenters.